The highest BCUT2D eigenvalue weighted by Gasteiger charge is 2.12. The van der Waals surface area contributed by atoms with Gasteiger partial charge in [0.15, 0.2) is 0 Å². The Hall–Kier alpha value is -0.300. The quantitative estimate of drug-likeness (QED) is 0.641. The fourth-order valence-electron chi connectivity index (χ4n) is 1.03. The molecule has 0 aliphatic heterocycles. The van der Waals surface area contributed by atoms with Crippen LogP contribution in [0.1, 0.15) is 34.6 Å². The van der Waals surface area contributed by atoms with Gasteiger partial charge in [-0.15, -0.1) is 0 Å². The summed E-state index contributed by atoms with van der Waals surface area (Å²) < 4.78 is 15.0. The first-order valence-electron chi connectivity index (χ1n) is 5.01. The molecular formula is C11H15Br. The third-order valence-electron chi connectivity index (χ3n) is 1.86. The van der Waals surface area contributed by atoms with E-state index in [0.29, 0.717) is 5.56 Å². The molecule has 0 fully saturated rings. The summed E-state index contributed by atoms with van der Waals surface area (Å²) in [6.07, 6.45) is 0. The summed E-state index contributed by atoms with van der Waals surface area (Å²) in [6, 6.07) is 7.62. The molecule has 0 aliphatic carbocycles. The molecule has 0 saturated heterocycles. The SMILES string of the molecule is [2H]C([2H])(Br)c1ccc(C(C)(C)C)cc1. The van der Waals surface area contributed by atoms with Crippen LogP contribution < -0.4 is 0 Å². The highest BCUT2D eigenvalue weighted by atomic mass is 79.9. The van der Waals surface area contributed by atoms with Gasteiger partial charge in [-0.05, 0) is 16.5 Å². The predicted molar refractivity (Wildman–Crippen MR) is 57.8 cm³/mol. The van der Waals surface area contributed by atoms with E-state index in [9.17, 15) is 0 Å². The Morgan fingerprint density at radius 1 is 1.25 bits per heavy atom. The summed E-state index contributed by atoms with van der Waals surface area (Å²) in [6.45, 7) is 6.43. The van der Waals surface area contributed by atoms with Gasteiger partial charge in [-0.3, -0.25) is 0 Å². The van der Waals surface area contributed by atoms with Crippen LogP contribution in [0, 0.1) is 0 Å². The van der Waals surface area contributed by atoms with E-state index in [1.807, 2.05) is 24.3 Å². The lowest BCUT2D eigenvalue weighted by atomic mass is 9.87. The first kappa shape index (κ1) is 7.14. The van der Waals surface area contributed by atoms with E-state index in [4.69, 9.17) is 2.74 Å². The van der Waals surface area contributed by atoms with Crippen LogP contribution in [0.15, 0.2) is 24.3 Å². The molecule has 0 amide bonds. The molecule has 0 aromatic heterocycles. The first-order chi connectivity index (χ1) is 6.21. The van der Waals surface area contributed by atoms with Crippen molar-refractivity contribution in [1.82, 2.24) is 0 Å². The van der Waals surface area contributed by atoms with Crippen LogP contribution in [0.4, 0.5) is 0 Å². The lowest BCUT2D eigenvalue weighted by Crippen LogP contribution is -2.10. The van der Waals surface area contributed by atoms with Crippen LogP contribution >= 0.6 is 15.9 Å². The molecule has 1 aromatic carbocycles. The number of benzene rings is 1. The predicted octanol–water partition coefficient (Wildman–Crippen LogP) is 3.88. The number of halogens is 1. The second-order valence-corrected chi connectivity index (χ2v) is 4.32. The summed E-state index contributed by atoms with van der Waals surface area (Å²) in [5, 5.41) is -1.43. The molecule has 12 heavy (non-hydrogen) atoms. The molecule has 0 saturated carbocycles. The molecule has 0 aliphatic rings. The zero-order chi connectivity index (χ0) is 11.0. The topological polar surface area (TPSA) is 0 Å². The van der Waals surface area contributed by atoms with Crippen LogP contribution in [0.5, 0.6) is 0 Å². The van der Waals surface area contributed by atoms with Crippen molar-refractivity contribution in [3.8, 4) is 0 Å². The second-order valence-electron chi connectivity index (χ2n) is 3.92. The molecule has 1 rings (SSSR count). The van der Waals surface area contributed by atoms with Gasteiger partial charge >= 0.3 is 0 Å². The van der Waals surface area contributed by atoms with Gasteiger partial charge in [0.25, 0.3) is 0 Å². The zero-order valence-corrected chi connectivity index (χ0v) is 9.27. The zero-order valence-electron chi connectivity index (χ0n) is 9.69. The number of rotatable bonds is 1. The van der Waals surface area contributed by atoms with Crippen molar-refractivity contribution in [2.45, 2.75) is 31.5 Å². The average Bonchev–Trinajstić information content (AvgIpc) is 2.01. The minimum absolute atomic E-state index is 0.123. The van der Waals surface area contributed by atoms with E-state index in [1.165, 1.54) is 5.56 Å². The van der Waals surface area contributed by atoms with E-state index >= 15 is 0 Å². The highest BCUT2D eigenvalue weighted by molar-refractivity contribution is 9.08. The molecule has 1 aromatic rings. The van der Waals surface area contributed by atoms with Gasteiger partial charge < -0.3 is 0 Å². The van der Waals surface area contributed by atoms with Gasteiger partial charge in [-0.2, -0.15) is 0 Å². The van der Waals surface area contributed by atoms with Gasteiger partial charge in [0.1, 0.15) is 0 Å². The van der Waals surface area contributed by atoms with Gasteiger partial charge in [-0.1, -0.05) is 61.0 Å². The summed E-state index contributed by atoms with van der Waals surface area (Å²) in [4.78, 5) is 0. The van der Waals surface area contributed by atoms with Crippen LogP contribution in [0.2, 0.25) is 0 Å². The summed E-state index contributed by atoms with van der Waals surface area (Å²) in [5.41, 5.74) is 2.00. The monoisotopic (exact) mass is 228 g/mol. The molecule has 0 radical (unpaired) electrons. The number of hydrogen-bond acceptors (Lipinski definition) is 0. The Morgan fingerprint density at radius 2 is 1.75 bits per heavy atom. The van der Waals surface area contributed by atoms with E-state index < -0.39 is 5.28 Å². The van der Waals surface area contributed by atoms with Crippen LogP contribution in [0.3, 0.4) is 0 Å². The minimum Gasteiger partial charge on any atom is -0.0876 e. The maximum absolute atomic E-state index is 7.48. The number of hydrogen-bond donors (Lipinski definition) is 0. The highest BCUT2D eigenvalue weighted by Crippen LogP contribution is 2.22. The average molecular weight is 229 g/mol. The fraction of sp³-hybridized carbons (Fsp3) is 0.455. The van der Waals surface area contributed by atoms with Crippen LogP contribution in [-0.4, -0.2) is 0 Å². The van der Waals surface area contributed by atoms with Crippen molar-refractivity contribution in [1.29, 1.82) is 0 Å². The van der Waals surface area contributed by atoms with Crippen molar-refractivity contribution in [3.05, 3.63) is 35.4 Å². The van der Waals surface area contributed by atoms with Crippen molar-refractivity contribution in [3.63, 3.8) is 0 Å². The molecule has 0 atom stereocenters. The fourth-order valence-corrected chi connectivity index (χ4v) is 1.30. The molecule has 0 N–H and O–H groups in total. The molecule has 0 heterocycles. The Labute approximate surface area is 85.9 Å². The molecule has 1 heteroatoms. The molecule has 0 spiro atoms. The van der Waals surface area contributed by atoms with Crippen molar-refractivity contribution < 1.29 is 2.74 Å². The van der Waals surface area contributed by atoms with Gasteiger partial charge in [0.05, 0.1) is 0 Å². The molecule has 0 nitrogen and oxygen atoms in total. The standard InChI is InChI=1S/C11H15Br/c1-11(2,3)10-6-4-9(8-12)5-7-10/h4-7H,8H2,1-3H3/i8D2. The third kappa shape index (κ3) is 2.34. The Balaban J connectivity index is 3.02. The summed E-state index contributed by atoms with van der Waals surface area (Å²) in [5.74, 6) is 0. The number of alkyl halides is 1. The van der Waals surface area contributed by atoms with E-state index in [2.05, 4.69) is 36.7 Å². The van der Waals surface area contributed by atoms with Crippen LogP contribution in [0.25, 0.3) is 0 Å². The van der Waals surface area contributed by atoms with Crippen molar-refractivity contribution in [2.75, 3.05) is 0 Å². The second kappa shape index (κ2) is 3.61. The molecular weight excluding hydrogens is 212 g/mol. The van der Waals surface area contributed by atoms with Gasteiger partial charge in [0, 0.05) is 8.02 Å². The lowest BCUT2D eigenvalue weighted by Gasteiger charge is -2.18. The van der Waals surface area contributed by atoms with E-state index in [1.54, 1.807) is 0 Å². The van der Waals surface area contributed by atoms with Gasteiger partial charge in [0.2, 0.25) is 0 Å². The largest absolute Gasteiger partial charge is 0.0876 e. The Kier molecular flexibility index (Phi) is 2.15. The van der Waals surface area contributed by atoms with E-state index in [0.717, 1.165) is 0 Å². The van der Waals surface area contributed by atoms with Gasteiger partial charge in [-0.25, -0.2) is 0 Å². The summed E-state index contributed by atoms with van der Waals surface area (Å²) >= 11 is 2.99. The normalized spacial score (nSPS) is 15.3. The van der Waals surface area contributed by atoms with Crippen molar-refractivity contribution >= 4 is 15.9 Å². The lowest BCUT2D eigenvalue weighted by molar-refractivity contribution is 0.590. The summed E-state index contributed by atoms with van der Waals surface area (Å²) in [7, 11) is 0. The third-order valence-corrected chi connectivity index (χ3v) is 2.32. The Bertz CT molecular complexity index is 271. The van der Waals surface area contributed by atoms with Crippen LogP contribution in [-0.2, 0) is 10.7 Å². The maximum Gasteiger partial charge on any atom is 0.0437 e. The van der Waals surface area contributed by atoms with Crippen molar-refractivity contribution in [2.24, 2.45) is 0 Å². The minimum atomic E-state index is -1.43. The molecule has 66 valence electrons. The molecule has 0 bridgehead atoms. The smallest absolute Gasteiger partial charge is 0.0437 e. The maximum atomic E-state index is 7.48. The first-order valence-corrected chi connectivity index (χ1v) is 4.80. The molecule has 0 unspecified atom stereocenters. The van der Waals surface area contributed by atoms with E-state index in [-0.39, 0.29) is 5.41 Å². The Morgan fingerprint density at radius 3 is 2.08 bits per heavy atom.